The fourth-order valence-electron chi connectivity index (χ4n) is 1.65. The molecule has 0 saturated heterocycles. The molecule has 1 rings (SSSR count). The van der Waals surface area contributed by atoms with Gasteiger partial charge in [-0.05, 0) is 20.8 Å². The van der Waals surface area contributed by atoms with E-state index < -0.39 is 12.1 Å². The van der Waals surface area contributed by atoms with Crippen molar-refractivity contribution in [3.05, 3.63) is 0 Å². The van der Waals surface area contributed by atoms with Gasteiger partial charge in [-0.25, -0.2) is 5.84 Å². The number of nitrogens with two attached hydrogens (primary N) is 2. The molecule has 0 radical (unpaired) electrons. The number of hydrogen-bond acceptors (Lipinski definition) is 5. The molecule has 1 aliphatic heterocycles. The van der Waals surface area contributed by atoms with Gasteiger partial charge in [0.15, 0.2) is 0 Å². The van der Waals surface area contributed by atoms with Gasteiger partial charge in [-0.3, -0.25) is 14.8 Å². The van der Waals surface area contributed by atoms with Crippen molar-refractivity contribution < 1.29 is 4.79 Å². The van der Waals surface area contributed by atoms with Crippen LogP contribution in [0.3, 0.4) is 0 Å². The summed E-state index contributed by atoms with van der Waals surface area (Å²) in [6, 6.07) is 0. The number of rotatable bonds is 2. The van der Waals surface area contributed by atoms with E-state index in [1.54, 1.807) is 5.01 Å². The Kier molecular flexibility index (Phi) is 3.14. The molecule has 0 aliphatic carbocycles. The normalized spacial score (nSPS) is 21.7. The van der Waals surface area contributed by atoms with E-state index in [9.17, 15) is 4.79 Å². The van der Waals surface area contributed by atoms with Crippen LogP contribution >= 0.6 is 0 Å². The molecule has 92 valence electrons. The van der Waals surface area contributed by atoms with Crippen molar-refractivity contribution in [3.8, 4) is 0 Å². The van der Waals surface area contributed by atoms with Gasteiger partial charge < -0.3 is 5.73 Å². The first-order chi connectivity index (χ1) is 7.16. The van der Waals surface area contributed by atoms with E-state index in [1.165, 1.54) is 5.01 Å². The lowest BCUT2D eigenvalue weighted by Gasteiger charge is -2.35. The van der Waals surface area contributed by atoms with E-state index in [-0.39, 0.29) is 11.5 Å². The maximum absolute atomic E-state index is 11.4. The highest BCUT2D eigenvalue weighted by Gasteiger charge is 2.42. The molecule has 4 N–H and O–H groups in total. The second-order valence-corrected chi connectivity index (χ2v) is 5.31. The Labute approximate surface area is 96.2 Å². The maximum Gasteiger partial charge on any atom is 0.263 e. The van der Waals surface area contributed by atoms with E-state index >= 15 is 0 Å². The molecule has 1 aliphatic rings. The number of hydrazone groups is 1. The standard InChI is InChI=1S/C10H21N5O/c1-6(2)8-13-15(10(3,4)5)9(7(11)16)14(8)12/h6,9H,12H2,1-5H3,(H2,11,16). The van der Waals surface area contributed by atoms with Crippen LogP contribution in [-0.4, -0.2) is 33.5 Å². The van der Waals surface area contributed by atoms with E-state index in [4.69, 9.17) is 11.6 Å². The molecule has 0 aromatic carbocycles. The van der Waals surface area contributed by atoms with Crippen LogP contribution in [0, 0.1) is 5.92 Å². The van der Waals surface area contributed by atoms with Gasteiger partial charge in [0, 0.05) is 5.92 Å². The minimum absolute atomic E-state index is 0.152. The van der Waals surface area contributed by atoms with Crippen LogP contribution in [0.1, 0.15) is 34.6 Å². The predicted molar refractivity (Wildman–Crippen MR) is 62.9 cm³/mol. The summed E-state index contributed by atoms with van der Waals surface area (Å²) >= 11 is 0. The highest BCUT2D eigenvalue weighted by molar-refractivity contribution is 5.91. The highest BCUT2D eigenvalue weighted by atomic mass is 16.2. The molecule has 16 heavy (non-hydrogen) atoms. The summed E-state index contributed by atoms with van der Waals surface area (Å²) in [4.78, 5) is 11.4. The minimum atomic E-state index is -0.697. The summed E-state index contributed by atoms with van der Waals surface area (Å²) in [6.45, 7) is 9.84. The number of carbonyl (C=O) groups excluding carboxylic acids is 1. The molecule has 6 nitrogen and oxygen atoms in total. The molecule has 1 unspecified atom stereocenters. The second-order valence-electron chi connectivity index (χ2n) is 5.31. The van der Waals surface area contributed by atoms with Gasteiger partial charge in [-0.2, -0.15) is 5.10 Å². The first-order valence-corrected chi connectivity index (χ1v) is 5.37. The van der Waals surface area contributed by atoms with Crippen LogP contribution in [0.25, 0.3) is 0 Å². The summed E-state index contributed by atoms with van der Waals surface area (Å²) in [5.74, 6) is 6.21. The zero-order valence-electron chi connectivity index (χ0n) is 10.6. The molecule has 0 aromatic rings. The zero-order chi connectivity index (χ0) is 12.7. The van der Waals surface area contributed by atoms with E-state index in [0.717, 1.165) is 0 Å². The topological polar surface area (TPSA) is 88.0 Å². The van der Waals surface area contributed by atoms with Crippen LogP contribution in [-0.2, 0) is 4.79 Å². The average Bonchev–Trinajstić information content (AvgIpc) is 2.41. The smallest absolute Gasteiger partial charge is 0.263 e. The Morgan fingerprint density at radius 1 is 1.44 bits per heavy atom. The number of nitrogens with zero attached hydrogens (tertiary/aromatic N) is 3. The van der Waals surface area contributed by atoms with E-state index in [0.29, 0.717) is 5.84 Å². The van der Waals surface area contributed by atoms with Crippen LogP contribution in [0.5, 0.6) is 0 Å². The molecule has 0 saturated carbocycles. The van der Waals surface area contributed by atoms with Gasteiger partial charge in [0.2, 0.25) is 6.17 Å². The van der Waals surface area contributed by atoms with Crippen molar-refractivity contribution in [1.82, 2.24) is 10.0 Å². The van der Waals surface area contributed by atoms with Crippen molar-refractivity contribution in [2.75, 3.05) is 0 Å². The molecule has 0 spiro atoms. The first kappa shape index (κ1) is 12.8. The fourth-order valence-corrected chi connectivity index (χ4v) is 1.65. The summed E-state index contributed by atoms with van der Waals surface area (Å²) < 4.78 is 0. The first-order valence-electron chi connectivity index (χ1n) is 5.37. The average molecular weight is 227 g/mol. The van der Waals surface area contributed by atoms with E-state index in [1.807, 2.05) is 34.6 Å². The Bertz CT molecular complexity index is 318. The zero-order valence-corrected chi connectivity index (χ0v) is 10.6. The minimum Gasteiger partial charge on any atom is -0.366 e. The molecule has 1 heterocycles. The van der Waals surface area contributed by atoms with Gasteiger partial charge in [0.05, 0.1) is 5.54 Å². The van der Waals surface area contributed by atoms with Crippen LogP contribution in [0.15, 0.2) is 5.10 Å². The number of carbonyl (C=O) groups is 1. The summed E-state index contributed by atoms with van der Waals surface area (Å²) in [5.41, 5.74) is 5.06. The third-order valence-electron chi connectivity index (χ3n) is 2.43. The van der Waals surface area contributed by atoms with Gasteiger partial charge >= 0.3 is 0 Å². The summed E-state index contributed by atoms with van der Waals surface area (Å²) in [7, 11) is 0. The number of amidine groups is 1. The number of amides is 1. The van der Waals surface area contributed by atoms with Gasteiger partial charge in [0.1, 0.15) is 5.84 Å². The lowest BCUT2D eigenvalue weighted by molar-refractivity contribution is -0.129. The Hall–Kier alpha value is -1.30. The molecule has 1 atom stereocenters. The fraction of sp³-hybridized carbons (Fsp3) is 0.800. The molecule has 0 aromatic heterocycles. The van der Waals surface area contributed by atoms with Crippen molar-refractivity contribution in [2.45, 2.75) is 46.3 Å². The van der Waals surface area contributed by atoms with Crippen molar-refractivity contribution in [2.24, 2.45) is 22.6 Å². The van der Waals surface area contributed by atoms with Crippen LogP contribution < -0.4 is 11.6 Å². The molecule has 6 heteroatoms. The summed E-state index contributed by atoms with van der Waals surface area (Å²) in [5, 5.41) is 7.41. The van der Waals surface area contributed by atoms with Gasteiger partial charge in [0.25, 0.3) is 5.91 Å². The lowest BCUT2D eigenvalue weighted by Crippen LogP contribution is -2.58. The van der Waals surface area contributed by atoms with Gasteiger partial charge in [-0.15, -0.1) is 0 Å². The third kappa shape index (κ3) is 2.11. The third-order valence-corrected chi connectivity index (χ3v) is 2.43. The molecule has 0 fully saturated rings. The number of hydrazine groups is 1. The second kappa shape index (κ2) is 3.93. The summed E-state index contributed by atoms with van der Waals surface area (Å²) in [6.07, 6.45) is -0.697. The number of primary amides is 1. The predicted octanol–water partition coefficient (Wildman–Crippen LogP) is 0.0571. The van der Waals surface area contributed by atoms with Crippen LogP contribution in [0.4, 0.5) is 0 Å². The molecular weight excluding hydrogens is 206 g/mol. The van der Waals surface area contributed by atoms with E-state index in [2.05, 4.69) is 5.10 Å². The highest BCUT2D eigenvalue weighted by Crippen LogP contribution is 2.25. The van der Waals surface area contributed by atoms with Crippen molar-refractivity contribution in [1.29, 1.82) is 0 Å². The SMILES string of the molecule is CC(C)C1=NN(C(C)(C)C)C(C(N)=O)N1N. The monoisotopic (exact) mass is 227 g/mol. The molecule has 1 amide bonds. The Morgan fingerprint density at radius 2 is 1.94 bits per heavy atom. The maximum atomic E-state index is 11.4. The number of hydrogen-bond donors (Lipinski definition) is 2. The van der Waals surface area contributed by atoms with Crippen LogP contribution in [0.2, 0.25) is 0 Å². The molecular formula is C10H21N5O. The Balaban J connectivity index is 3.09. The van der Waals surface area contributed by atoms with Gasteiger partial charge in [-0.1, -0.05) is 13.8 Å². The molecule has 0 bridgehead atoms. The van der Waals surface area contributed by atoms with Crippen molar-refractivity contribution >= 4 is 11.7 Å². The largest absolute Gasteiger partial charge is 0.366 e. The quantitative estimate of drug-likeness (QED) is 0.653. The van der Waals surface area contributed by atoms with Crippen molar-refractivity contribution in [3.63, 3.8) is 0 Å². The Morgan fingerprint density at radius 3 is 2.19 bits per heavy atom. The lowest BCUT2D eigenvalue weighted by atomic mass is 10.1.